The first kappa shape index (κ1) is 18.9. The van der Waals surface area contributed by atoms with E-state index in [9.17, 15) is 9.59 Å². The number of hydrogen-bond donors (Lipinski definition) is 2. The second-order valence-corrected chi connectivity index (χ2v) is 6.63. The van der Waals surface area contributed by atoms with Gasteiger partial charge < -0.3 is 5.32 Å². The van der Waals surface area contributed by atoms with Crippen LogP contribution in [0.1, 0.15) is 29.5 Å². The van der Waals surface area contributed by atoms with Crippen LogP contribution in [0.25, 0.3) is 0 Å². The van der Waals surface area contributed by atoms with Crippen molar-refractivity contribution in [3.05, 3.63) is 63.6 Å². The minimum Gasteiger partial charge on any atom is -0.326 e. The average Bonchev–Trinajstić information content (AvgIpc) is 2.57. The first-order valence-corrected chi connectivity index (χ1v) is 8.68. The molecule has 0 spiro atoms. The Morgan fingerprint density at radius 2 is 1.72 bits per heavy atom. The number of hydrazone groups is 1. The van der Waals surface area contributed by atoms with E-state index in [2.05, 4.69) is 31.8 Å². The Hall–Kier alpha value is -2.47. The van der Waals surface area contributed by atoms with Gasteiger partial charge in [0.25, 0.3) is 0 Å². The van der Waals surface area contributed by atoms with Crippen LogP contribution in [0, 0.1) is 13.8 Å². The molecule has 2 amide bonds. The van der Waals surface area contributed by atoms with E-state index in [1.807, 2.05) is 56.3 Å². The Morgan fingerprint density at radius 3 is 2.40 bits per heavy atom. The monoisotopic (exact) mass is 401 g/mol. The highest BCUT2D eigenvalue weighted by Gasteiger charge is 2.08. The molecule has 2 N–H and O–H groups in total. The Bertz CT molecular complexity index is 786. The summed E-state index contributed by atoms with van der Waals surface area (Å²) in [6.07, 6.45) is 1.74. The number of nitrogens with one attached hydrogen (secondary N) is 2. The molecule has 0 fully saturated rings. The molecule has 0 aliphatic carbocycles. The summed E-state index contributed by atoms with van der Waals surface area (Å²) in [5, 5.41) is 6.70. The Labute approximate surface area is 155 Å². The summed E-state index contributed by atoms with van der Waals surface area (Å²) in [5.74, 6) is -0.497. The maximum Gasteiger partial charge on any atom is 0.240 e. The minimum absolute atomic E-state index is 0.0778. The molecule has 5 nitrogen and oxygen atoms in total. The van der Waals surface area contributed by atoms with Crippen molar-refractivity contribution in [2.45, 2.75) is 26.7 Å². The van der Waals surface area contributed by atoms with Gasteiger partial charge in [-0.15, -0.1) is 0 Å². The largest absolute Gasteiger partial charge is 0.326 e. The van der Waals surface area contributed by atoms with Gasteiger partial charge in [0, 0.05) is 23.0 Å². The first-order chi connectivity index (χ1) is 11.9. The molecule has 2 aromatic carbocycles. The summed E-state index contributed by atoms with van der Waals surface area (Å²) >= 11 is 3.35. The summed E-state index contributed by atoms with van der Waals surface area (Å²) in [5.41, 5.74) is 6.20. The van der Waals surface area contributed by atoms with Crippen LogP contribution in [0.5, 0.6) is 0 Å². The predicted octanol–water partition coefficient (Wildman–Crippen LogP) is 3.93. The van der Waals surface area contributed by atoms with E-state index < -0.39 is 0 Å². The predicted molar refractivity (Wildman–Crippen MR) is 104 cm³/mol. The number of benzene rings is 2. The van der Waals surface area contributed by atoms with Gasteiger partial charge in [0.2, 0.25) is 11.8 Å². The number of nitrogens with zero attached hydrogens (tertiary/aromatic N) is 1. The molecule has 130 valence electrons. The molecule has 2 aromatic rings. The lowest BCUT2D eigenvalue weighted by molar-refractivity contribution is -0.124. The molecule has 0 heterocycles. The third-order valence-electron chi connectivity index (χ3n) is 3.51. The highest BCUT2D eigenvalue weighted by molar-refractivity contribution is 9.10. The number of carbonyl (C=O) groups excluding carboxylic acids is 2. The summed E-state index contributed by atoms with van der Waals surface area (Å²) in [4.78, 5) is 23.7. The maximum atomic E-state index is 11.9. The van der Waals surface area contributed by atoms with Gasteiger partial charge in [-0.1, -0.05) is 45.8 Å². The first-order valence-electron chi connectivity index (χ1n) is 7.88. The van der Waals surface area contributed by atoms with E-state index in [0.29, 0.717) is 0 Å². The van der Waals surface area contributed by atoms with Gasteiger partial charge in [0.05, 0.1) is 6.21 Å². The number of aryl methyl sites for hydroxylation is 2. The summed E-state index contributed by atoms with van der Waals surface area (Å²) in [6, 6.07) is 13.3. The third kappa shape index (κ3) is 6.51. The van der Waals surface area contributed by atoms with Gasteiger partial charge in [-0.3, -0.25) is 9.59 Å². The van der Waals surface area contributed by atoms with Gasteiger partial charge in [0.15, 0.2) is 0 Å². The zero-order valence-electron chi connectivity index (χ0n) is 14.2. The van der Waals surface area contributed by atoms with Crippen LogP contribution >= 0.6 is 15.9 Å². The fraction of sp³-hybridized carbons (Fsp3) is 0.211. The van der Waals surface area contributed by atoms with E-state index in [1.165, 1.54) is 0 Å². The molecule has 0 unspecified atom stereocenters. The summed E-state index contributed by atoms with van der Waals surface area (Å²) in [7, 11) is 0. The van der Waals surface area contributed by atoms with Crippen molar-refractivity contribution in [3.8, 4) is 0 Å². The normalized spacial score (nSPS) is 10.7. The van der Waals surface area contributed by atoms with Crippen molar-refractivity contribution < 1.29 is 9.59 Å². The molecule has 6 heteroatoms. The molecular formula is C19H20BrN3O2. The maximum absolute atomic E-state index is 11.9. The number of rotatable bonds is 6. The van der Waals surface area contributed by atoms with Crippen LogP contribution in [-0.4, -0.2) is 18.0 Å². The van der Waals surface area contributed by atoms with Gasteiger partial charge in [-0.05, 0) is 43.2 Å². The molecule has 0 aliphatic heterocycles. The van der Waals surface area contributed by atoms with E-state index >= 15 is 0 Å². The fourth-order valence-corrected chi connectivity index (χ4v) is 2.44. The molecule has 0 radical (unpaired) electrons. The smallest absolute Gasteiger partial charge is 0.240 e. The van der Waals surface area contributed by atoms with E-state index in [1.54, 1.807) is 6.21 Å². The van der Waals surface area contributed by atoms with Crippen molar-refractivity contribution in [1.29, 1.82) is 0 Å². The average molecular weight is 402 g/mol. The Kier molecular flexibility index (Phi) is 6.89. The Balaban J connectivity index is 1.75. The van der Waals surface area contributed by atoms with Crippen molar-refractivity contribution >= 4 is 39.6 Å². The molecule has 0 bridgehead atoms. The Morgan fingerprint density at radius 1 is 1.04 bits per heavy atom. The standard InChI is InChI=1S/C19H20BrN3O2/c1-13-3-8-17(14(2)11-13)22-18(24)9-10-19(25)23-21-12-15-4-6-16(20)7-5-15/h3-8,11-12H,9-10H2,1-2H3,(H,22,24)(H,23,25)/b21-12+. The summed E-state index contributed by atoms with van der Waals surface area (Å²) < 4.78 is 0.975. The van der Waals surface area contributed by atoms with Crippen LogP contribution in [0.15, 0.2) is 52.0 Å². The van der Waals surface area contributed by atoms with Crippen LogP contribution in [0.4, 0.5) is 5.69 Å². The number of amides is 2. The van der Waals surface area contributed by atoms with Crippen molar-refractivity contribution in [3.63, 3.8) is 0 Å². The number of carbonyl (C=O) groups is 2. The topological polar surface area (TPSA) is 70.6 Å². The highest BCUT2D eigenvalue weighted by Crippen LogP contribution is 2.16. The SMILES string of the molecule is Cc1ccc(NC(=O)CCC(=O)N/N=C/c2ccc(Br)cc2)c(C)c1. The van der Waals surface area contributed by atoms with Gasteiger partial charge in [-0.25, -0.2) is 5.43 Å². The van der Waals surface area contributed by atoms with Crippen molar-refractivity contribution in [2.75, 3.05) is 5.32 Å². The van der Waals surface area contributed by atoms with Crippen molar-refractivity contribution in [2.24, 2.45) is 5.10 Å². The molecule has 0 saturated heterocycles. The van der Waals surface area contributed by atoms with E-state index in [4.69, 9.17) is 0 Å². The molecule has 0 aromatic heterocycles. The molecule has 2 rings (SSSR count). The molecule has 0 atom stereocenters. The second-order valence-electron chi connectivity index (χ2n) is 5.71. The number of hydrogen-bond acceptors (Lipinski definition) is 3. The van der Waals surface area contributed by atoms with E-state index in [-0.39, 0.29) is 24.7 Å². The van der Waals surface area contributed by atoms with Crippen LogP contribution in [-0.2, 0) is 9.59 Å². The van der Waals surface area contributed by atoms with Gasteiger partial charge >= 0.3 is 0 Å². The molecule has 25 heavy (non-hydrogen) atoms. The second kappa shape index (κ2) is 9.13. The minimum atomic E-state index is -0.302. The number of halogens is 1. The zero-order chi connectivity index (χ0) is 18.2. The lowest BCUT2D eigenvalue weighted by Gasteiger charge is -2.08. The lowest BCUT2D eigenvalue weighted by Crippen LogP contribution is -2.20. The zero-order valence-corrected chi connectivity index (χ0v) is 15.8. The van der Waals surface area contributed by atoms with Crippen LogP contribution in [0.3, 0.4) is 0 Å². The number of anilines is 1. The fourth-order valence-electron chi connectivity index (χ4n) is 2.18. The quantitative estimate of drug-likeness (QED) is 0.568. The molecule has 0 saturated carbocycles. The highest BCUT2D eigenvalue weighted by atomic mass is 79.9. The van der Waals surface area contributed by atoms with Gasteiger partial charge in [-0.2, -0.15) is 5.10 Å². The lowest BCUT2D eigenvalue weighted by atomic mass is 10.1. The van der Waals surface area contributed by atoms with Crippen LogP contribution < -0.4 is 10.7 Å². The van der Waals surface area contributed by atoms with Crippen LogP contribution in [0.2, 0.25) is 0 Å². The third-order valence-corrected chi connectivity index (χ3v) is 4.04. The summed E-state index contributed by atoms with van der Waals surface area (Å²) in [6.45, 7) is 3.93. The van der Waals surface area contributed by atoms with Crippen molar-refractivity contribution in [1.82, 2.24) is 5.43 Å². The molecule has 0 aliphatic rings. The molecular weight excluding hydrogens is 382 g/mol. The van der Waals surface area contributed by atoms with E-state index in [0.717, 1.165) is 26.9 Å². The van der Waals surface area contributed by atoms with Gasteiger partial charge in [0.1, 0.15) is 0 Å².